The first-order valence-electron chi connectivity index (χ1n) is 17.6. The number of aromatic nitrogens is 7. The second kappa shape index (κ2) is 14.2. The Bertz CT molecular complexity index is 2110. The molecule has 0 radical (unpaired) electrons. The maximum atomic E-state index is 14.2. The predicted octanol–water partition coefficient (Wildman–Crippen LogP) is 5.22. The highest BCUT2D eigenvalue weighted by atomic mass is 32.1. The minimum Gasteiger partial charge on any atom is -0.496 e. The number of rotatable bonds is 10. The van der Waals surface area contributed by atoms with Crippen molar-refractivity contribution < 1.29 is 9.53 Å². The summed E-state index contributed by atoms with van der Waals surface area (Å²) >= 11 is 1.69. The minimum atomic E-state index is -0.150. The summed E-state index contributed by atoms with van der Waals surface area (Å²) in [6.45, 7) is 8.88. The standard InChI is InChI=1S/C38H42N10O2S/c1-28-40-30(25-51-28)24-47-34-12-7-6-11-33(34)41-37(47)45-18-8-17-44(21-22-45)19-15-38(29-9-4-3-5-10-29)16-20-46(26-38)36(49)32-23-31(13-14-35(32)50-2)48-27-39-42-43-48/h3-7,9-14,23,25,27H,8,15-22,24,26H2,1-2H3/t38-/m0/s1. The van der Waals surface area contributed by atoms with E-state index in [1.54, 1.807) is 23.1 Å². The first kappa shape index (κ1) is 33.0. The van der Waals surface area contributed by atoms with Crippen molar-refractivity contribution in [1.82, 2.24) is 44.5 Å². The van der Waals surface area contributed by atoms with Gasteiger partial charge in [-0.15, -0.1) is 16.4 Å². The number of ether oxygens (including phenoxy) is 1. The van der Waals surface area contributed by atoms with Crippen LogP contribution in [0.4, 0.5) is 5.95 Å². The maximum absolute atomic E-state index is 14.2. The Morgan fingerprint density at radius 1 is 0.961 bits per heavy atom. The fraction of sp³-hybridized carbons (Fsp3) is 0.368. The first-order valence-corrected chi connectivity index (χ1v) is 18.5. The van der Waals surface area contributed by atoms with Crippen LogP contribution in [0.3, 0.4) is 0 Å². The van der Waals surface area contributed by atoms with Crippen LogP contribution in [0.25, 0.3) is 16.7 Å². The summed E-state index contributed by atoms with van der Waals surface area (Å²) in [5, 5.41) is 14.7. The number of para-hydroxylation sites is 2. The lowest BCUT2D eigenvalue weighted by Crippen LogP contribution is -2.39. The van der Waals surface area contributed by atoms with Crippen molar-refractivity contribution in [1.29, 1.82) is 0 Å². The molecule has 51 heavy (non-hydrogen) atoms. The number of thiazole rings is 1. The number of methoxy groups -OCH3 is 1. The van der Waals surface area contributed by atoms with E-state index in [-0.39, 0.29) is 11.3 Å². The van der Waals surface area contributed by atoms with Crippen LogP contribution < -0.4 is 9.64 Å². The van der Waals surface area contributed by atoms with Crippen LogP contribution >= 0.6 is 11.3 Å². The highest BCUT2D eigenvalue weighted by molar-refractivity contribution is 7.09. The Labute approximate surface area is 301 Å². The summed E-state index contributed by atoms with van der Waals surface area (Å²) in [6.07, 6.45) is 4.44. The second-order valence-electron chi connectivity index (χ2n) is 13.5. The number of nitrogens with zero attached hydrogens (tertiary/aromatic N) is 10. The number of amides is 1. The van der Waals surface area contributed by atoms with Crippen LogP contribution in [-0.2, 0) is 12.0 Å². The maximum Gasteiger partial charge on any atom is 0.257 e. The molecule has 2 fully saturated rings. The zero-order valence-electron chi connectivity index (χ0n) is 29.1. The average molecular weight is 703 g/mol. The Balaban J connectivity index is 0.987. The lowest BCUT2D eigenvalue weighted by Gasteiger charge is -2.33. The molecule has 262 valence electrons. The van der Waals surface area contributed by atoms with Crippen molar-refractivity contribution in [3.05, 3.63) is 106 Å². The molecule has 5 heterocycles. The number of imidazole rings is 1. The van der Waals surface area contributed by atoms with E-state index >= 15 is 0 Å². The molecule has 8 rings (SSSR count). The number of tetrazole rings is 1. The smallest absolute Gasteiger partial charge is 0.257 e. The van der Waals surface area contributed by atoms with Gasteiger partial charge in [-0.25, -0.2) is 14.6 Å². The summed E-state index contributed by atoms with van der Waals surface area (Å²) in [6, 6.07) is 24.6. The van der Waals surface area contributed by atoms with Crippen LogP contribution in [-0.4, -0.2) is 103 Å². The molecule has 1 atom stereocenters. The predicted molar refractivity (Wildman–Crippen MR) is 198 cm³/mol. The van der Waals surface area contributed by atoms with Gasteiger partial charge < -0.3 is 24.0 Å². The van der Waals surface area contributed by atoms with Gasteiger partial charge in [-0.2, -0.15) is 0 Å². The molecular formula is C38H42N10O2S. The topological polar surface area (TPSA) is 110 Å². The molecule has 12 nitrogen and oxygen atoms in total. The van der Waals surface area contributed by atoms with E-state index in [4.69, 9.17) is 14.7 Å². The van der Waals surface area contributed by atoms with E-state index in [0.717, 1.165) is 79.7 Å². The molecular weight excluding hydrogens is 661 g/mol. The molecule has 0 N–H and O–H groups in total. The lowest BCUT2D eigenvalue weighted by molar-refractivity contribution is 0.0777. The molecule has 6 aromatic rings. The van der Waals surface area contributed by atoms with Crippen LogP contribution in [0.1, 0.15) is 45.9 Å². The van der Waals surface area contributed by atoms with Gasteiger partial charge in [-0.1, -0.05) is 42.5 Å². The third-order valence-electron chi connectivity index (χ3n) is 10.5. The van der Waals surface area contributed by atoms with Gasteiger partial charge in [0.2, 0.25) is 5.95 Å². The van der Waals surface area contributed by atoms with E-state index in [2.05, 4.69) is 96.8 Å². The molecule has 2 aliphatic rings. The van der Waals surface area contributed by atoms with Gasteiger partial charge in [0.1, 0.15) is 12.1 Å². The van der Waals surface area contributed by atoms with E-state index < -0.39 is 0 Å². The van der Waals surface area contributed by atoms with E-state index in [1.807, 2.05) is 23.1 Å². The Morgan fingerprint density at radius 2 is 1.82 bits per heavy atom. The molecule has 3 aromatic heterocycles. The van der Waals surface area contributed by atoms with Gasteiger partial charge >= 0.3 is 0 Å². The fourth-order valence-corrected chi connectivity index (χ4v) is 8.35. The number of aryl methyl sites for hydroxylation is 1. The molecule has 1 amide bonds. The van der Waals surface area contributed by atoms with Crippen molar-refractivity contribution in [3.8, 4) is 11.4 Å². The molecule has 2 saturated heterocycles. The Morgan fingerprint density at radius 3 is 2.63 bits per heavy atom. The highest BCUT2D eigenvalue weighted by Crippen LogP contribution is 2.39. The molecule has 0 bridgehead atoms. The average Bonchev–Trinajstić information content (AvgIpc) is 3.98. The fourth-order valence-electron chi connectivity index (χ4n) is 7.75. The number of hydrogen-bond acceptors (Lipinski definition) is 10. The van der Waals surface area contributed by atoms with Gasteiger partial charge in [-0.05, 0) is 85.6 Å². The number of carbonyl (C=O) groups is 1. The third kappa shape index (κ3) is 6.71. The van der Waals surface area contributed by atoms with E-state index in [1.165, 1.54) is 11.9 Å². The summed E-state index contributed by atoms with van der Waals surface area (Å²) in [7, 11) is 1.60. The number of hydrogen-bond donors (Lipinski definition) is 0. The Hall–Kier alpha value is -5.14. The molecule has 2 aliphatic heterocycles. The third-order valence-corrected chi connectivity index (χ3v) is 11.3. The van der Waals surface area contributed by atoms with Gasteiger partial charge in [0.15, 0.2) is 0 Å². The molecule has 13 heteroatoms. The summed E-state index contributed by atoms with van der Waals surface area (Å²) in [5.74, 6) is 1.52. The molecule has 0 spiro atoms. The highest BCUT2D eigenvalue weighted by Gasteiger charge is 2.42. The SMILES string of the molecule is COc1ccc(-n2cnnn2)cc1C(=O)N1CC[C@](CCN2CCCN(c3nc4ccccc4n3Cc3csc(C)n3)CC2)(c2ccccc2)C1. The monoisotopic (exact) mass is 702 g/mol. The van der Waals surface area contributed by atoms with Crippen LogP contribution in [0, 0.1) is 6.92 Å². The normalized spacial score (nSPS) is 18.4. The number of fused-ring (bicyclic) bond motifs is 1. The summed E-state index contributed by atoms with van der Waals surface area (Å²) < 4.78 is 9.53. The minimum absolute atomic E-state index is 0.0410. The lowest BCUT2D eigenvalue weighted by atomic mass is 9.76. The van der Waals surface area contributed by atoms with Crippen LogP contribution in [0.2, 0.25) is 0 Å². The Kier molecular flexibility index (Phi) is 9.22. The molecule has 0 saturated carbocycles. The number of anilines is 1. The molecule has 0 unspecified atom stereocenters. The second-order valence-corrected chi connectivity index (χ2v) is 14.6. The zero-order valence-corrected chi connectivity index (χ0v) is 29.9. The number of carbonyl (C=O) groups excluding carboxylic acids is 1. The first-order chi connectivity index (χ1) is 25.0. The quantitative estimate of drug-likeness (QED) is 0.190. The van der Waals surface area contributed by atoms with Gasteiger partial charge in [0, 0.05) is 43.5 Å². The van der Waals surface area contributed by atoms with Crippen molar-refractivity contribution in [2.45, 2.75) is 38.1 Å². The molecule has 3 aromatic carbocycles. The largest absolute Gasteiger partial charge is 0.496 e. The van der Waals surface area contributed by atoms with E-state index in [0.29, 0.717) is 36.6 Å². The number of likely N-dealkylation sites (tertiary alicyclic amines) is 1. The summed E-state index contributed by atoms with van der Waals surface area (Å²) in [5.41, 5.74) is 5.60. The van der Waals surface area contributed by atoms with Crippen LogP contribution in [0.5, 0.6) is 5.75 Å². The van der Waals surface area contributed by atoms with Crippen LogP contribution in [0.15, 0.2) is 84.5 Å². The molecule has 0 aliphatic carbocycles. The number of benzene rings is 3. The van der Waals surface area contributed by atoms with Gasteiger partial charge in [0.25, 0.3) is 5.91 Å². The van der Waals surface area contributed by atoms with E-state index in [9.17, 15) is 4.79 Å². The summed E-state index contributed by atoms with van der Waals surface area (Å²) in [4.78, 5) is 31.1. The van der Waals surface area contributed by atoms with Gasteiger partial charge in [0.05, 0.1) is 46.6 Å². The van der Waals surface area contributed by atoms with Crippen molar-refractivity contribution in [3.63, 3.8) is 0 Å². The zero-order chi connectivity index (χ0) is 34.8. The van der Waals surface area contributed by atoms with Crippen molar-refractivity contribution in [2.75, 3.05) is 57.8 Å². The van der Waals surface area contributed by atoms with Crippen molar-refractivity contribution in [2.24, 2.45) is 0 Å². The van der Waals surface area contributed by atoms with Gasteiger partial charge in [-0.3, -0.25) is 4.79 Å². The van der Waals surface area contributed by atoms with Crippen molar-refractivity contribution >= 4 is 34.2 Å².